The highest BCUT2D eigenvalue weighted by Crippen LogP contribution is 2.31. The predicted molar refractivity (Wildman–Crippen MR) is 128 cm³/mol. The molecular weight excluding hydrogens is 414 g/mol. The second kappa shape index (κ2) is 9.26. The van der Waals surface area contributed by atoms with Crippen LogP contribution in [0.25, 0.3) is 33.4 Å². The molecule has 166 valence electrons. The summed E-state index contributed by atoms with van der Waals surface area (Å²) in [4.78, 5) is 8.87. The van der Waals surface area contributed by atoms with Crippen molar-refractivity contribution < 1.29 is 9.47 Å². The number of ether oxygens (including phenoxy) is 2. The lowest BCUT2D eigenvalue weighted by Gasteiger charge is -2.10. The molecule has 0 aliphatic heterocycles. The molecule has 0 fully saturated rings. The highest BCUT2D eigenvalue weighted by molar-refractivity contribution is 5.80. The molecular formula is C26H25N5O2. The van der Waals surface area contributed by atoms with Gasteiger partial charge in [-0.15, -0.1) is 0 Å². The third-order valence-electron chi connectivity index (χ3n) is 5.57. The lowest BCUT2D eigenvalue weighted by molar-refractivity contribution is 0.185. The van der Waals surface area contributed by atoms with Gasteiger partial charge in [-0.2, -0.15) is 5.10 Å². The first-order valence-electron chi connectivity index (χ1n) is 10.8. The molecule has 0 saturated carbocycles. The van der Waals surface area contributed by atoms with Crippen molar-refractivity contribution in [1.29, 1.82) is 0 Å². The Balaban J connectivity index is 1.36. The molecule has 7 heteroatoms. The molecule has 0 aliphatic carbocycles. The van der Waals surface area contributed by atoms with Crippen LogP contribution < -0.4 is 4.74 Å². The van der Waals surface area contributed by atoms with E-state index in [0.29, 0.717) is 13.2 Å². The van der Waals surface area contributed by atoms with Gasteiger partial charge in [0.1, 0.15) is 23.9 Å². The molecule has 0 N–H and O–H groups in total. The molecule has 33 heavy (non-hydrogen) atoms. The third kappa shape index (κ3) is 4.36. The summed E-state index contributed by atoms with van der Waals surface area (Å²) in [5.41, 5.74) is 6.16. The third-order valence-corrected chi connectivity index (χ3v) is 5.57. The Morgan fingerprint density at radius 2 is 1.70 bits per heavy atom. The van der Waals surface area contributed by atoms with Gasteiger partial charge in [-0.25, -0.2) is 4.98 Å². The van der Waals surface area contributed by atoms with Crippen LogP contribution in [-0.4, -0.2) is 38.0 Å². The number of benzene rings is 2. The number of para-hydroxylation sites is 2. The molecule has 0 spiro atoms. The van der Waals surface area contributed by atoms with Crippen molar-refractivity contribution in [3.05, 3.63) is 85.1 Å². The fourth-order valence-corrected chi connectivity index (χ4v) is 3.97. The van der Waals surface area contributed by atoms with E-state index in [0.717, 1.165) is 51.5 Å². The summed E-state index contributed by atoms with van der Waals surface area (Å²) in [5.74, 6) is 1.66. The maximum atomic E-state index is 6.10. The van der Waals surface area contributed by atoms with Gasteiger partial charge in [-0.05, 0) is 54.1 Å². The Bertz CT molecular complexity index is 1360. The summed E-state index contributed by atoms with van der Waals surface area (Å²) in [6, 6.07) is 20.1. The van der Waals surface area contributed by atoms with Crippen LogP contribution in [0, 0.1) is 0 Å². The second-order valence-corrected chi connectivity index (χ2v) is 7.78. The minimum absolute atomic E-state index is 0.379. The van der Waals surface area contributed by atoms with Gasteiger partial charge in [0.25, 0.3) is 0 Å². The Morgan fingerprint density at radius 3 is 2.48 bits per heavy atom. The SMILES string of the molecule is COCCn1c(COc2ccc(-c3nn(C)cc3-c3ccncc3)cc2)nc2ccccc21. The first-order chi connectivity index (χ1) is 16.2. The van der Waals surface area contributed by atoms with Crippen LogP contribution in [0.3, 0.4) is 0 Å². The predicted octanol–water partition coefficient (Wildman–Crippen LogP) is 4.72. The average molecular weight is 440 g/mol. The Hall–Kier alpha value is -3.97. The molecule has 0 unspecified atom stereocenters. The normalized spacial score (nSPS) is 11.2. The van der Waals surface area contributed by atoms with Gasteiger partial charge in [-0.3, -0.25) is 9.67 Å². The molecule has 3 aromatic heterocycles. The Kier molecular flexibility index (Phi) is 5.87. The van der Waals surface area contributed by atoms with E-state index in [4.69, 9.17) is 14.5 Å². The van der Waals surface area contributed by atoms with Crippen molar-refractivity contribution in [2.75, 3.05) is 13.7 Å². The van der Waals surface area contributed by atoms with Crippen LogP contribution in [0.5, 0.6) is 5.75 Å². The molecule has 0 bridgehead atoms. The summed E-state index contributed by atoms with van der Waals surface area (Å²) in [5, 5.41) is 4.68. The first-order valence-corrected chi connectivity index (χ1v) is 10.8. The van der Waals surface area contributed by atoms with Crippen molar-refractivity contribution in [3.8, 4) is 28.1 Å². The zero-order valence-electron chi connectivity index (χ0n) is 18.7. The minimum Gasteiger partial charge on any atom is -0.486 e. The van der Waals surface area contributed by atoms with Crippen molar-refractivity contribution in [3.63, 3.8) is 0 Å². The average Bonchev–Trinajstić information content (AvgIpc) is 3.42. The van der Waals surface area contributed by atoms with E-state index < -0.39 is 0 Å². The lowest BCUT2D eigenvalue weighted by atomic mass is 10.0. The highest BCUT2D eigenvalue weighted by atomic mass is 16.5. The summed E-state index contributed by atoms with van der Waals surface area (Å²) in [7, 11) is 3.64. The van der Waals surface area contributed by atoms with Gasteiger partial charge in [0, 0.05) is 50.4 Å². The quantitative estimate of drug-likeness (QED) is 0.350. The van der Waals surface area contributed by atoms with Crippen LogP contribution in [0.1, 0.15) is 5.82 Å². The fourth-order valence-electron chi connectivity index (χ4n) is 3.97. The van der Waals surface area contributed by atoms with Crippen molar-refractivity contribution in [2.24, 2.45) is 7.05 Å². The largest absolute Gasteiger partial charge is 0.486 e. The molecule has 7 nitrogen and oxygen atoms in total. The summed E-state index contributed by atoms with van der Waals surface area (Å²) < 4.78 is 15.4. The number of aryl methyl sites for hydroxylation is 1. The van der Waals surface area contributed by atoms with Crippen molar-refractivity contribution >= 4 is 11.0 Å². The maximum absolute atomic E-state index is 6.10. The number of methoxy groups -OCH3 is 1. The zero-order valence-corrected chi connectivity index (χ0v) is 18.7. The van der Waals surface area contributed by atoms with Gasteiger partial charge in [-0.1, -0.05) is 12.1 Å². The second-order valence-electron chi connectivity index (χ2n) is 7.78. The molecule has 0 amide bonds. The standard InChI is InChI=1S/C26H25N5O2/c1-30-17-22(19-11-13-27-14-12-19)26(29-30)20-7-9-21(10-8-20)33-18-25-28-23-5-3-4-6-24(23)31(25)15-16-32-2/h3-14,17H,15-16,18H2,1-2H3. The number of hydrogen-bond donors (Lipinski definition) is 0. The molecule has 0 aliphatic rings. The number of hydrogen-bond acceptors (Lipinski definition) is 5. The van der Waals surface area contributed by atoms with Crippen molar-refractivity contribution in [1.82, 2.24) is 24.3 Å². The molecule has 5 aromatic rings. The summed E-state index contributed by atoms with van der Waals surface area (Å²) in [6.45, 7) is 1.72. The molecule has 0 saturated heterocycles. The van der Waals surface area contributed by atoms with Gasteiger partial charge in [0.15, 0.2) is 0 Å². The summed E-state index contributed by atoms with van der Waals surface area (Å²) in [6.07, 6.45) is 5.62. The van der Waals surface area contributed by atoms with Gasteiger partial charge < -0.3 is 14.0 Å². The maximum Gasteiger partial charge on any atom is 0.148 e. The van der Waals surface area contributed by atoms with E-state index in [1.807, 2.05) is 72.5 Å². The summed E-state index contributed by atoms with van der Waals surface area (Å²) >= 11 is 0. The van der Waals surface area contributed by atoms with E-state index in [1.165, 1.54) is 0 Å². The number of fused-ring (bicyclic) bond motifs is 1. The first kappa shape index (κ1) is 20.9. The number of rotatable bonds is 8. The van der Waals surface area contributed by atoms with Crippen LogP contribution in [0.2, 0.25) is 0 Å². The van der Waals surface area contributed by atoms with E-state index in [1.54, 1.807) is 19.5 Å². The molecule has 0 radical (unpaired) electrons. The van der Waals surface area contributed by atoms with Gasteiger partial charge >= 0.3 is 0 Å². The number of aromatic nitrogens is 5. The smallest absolute Gasteiger partial charge is 0.148 e. The zero-order chi connectivity index (χ0) is 22.6. The van der Waals surface area contributed by atoms with Crippen LogP contribution in [-0.2, 0) is 24.9 Å². The van der Waals surface area contributed by atoms with Crippen molar-refractivity contribution in [2.45, 2.75) is 13.2 Å². The molecule has 2 aromatic carbocycles. The fraction of sp³-hybridized carbons (Fsp3) is 0.192. The number of imidazole rings is 1. The lowest BCUT2D eigenvalue weighted by Crippen LogP contribution is -2.10. The van der Waals surface area contributed by atoms with Gasteiger partial charge in [0.05, 0.1) is 17.6 Å². The monoisotopic (exact) mass is 439 g/mol. The van der Waals surface area contributed by atoms with E-state index in [2.05, 4.69) is 20.7 Å². The number of pyridine rings is 1. The van der Waals surface area contributed by atoms with Crippen LogP contribution in [0.15, 0.2) is 79.3 Å². The van der Waals surface area contributed by atoms with Crippen LogP contribution in [0.4, 0.5) is 0 Å². The highest BCUT2D eigenvalue weighted by Gasteiger charge is 2.13. The Labute approximate surface area is 192 Å². The molecule has 3 heterocycles. The van der Waals surface area contributed by atoms with Crippen LogP contribution >= 0.6 is 0 Å². The van der Waals surface area contributed by atoms with E-state index in [-0.39, 0.29) is 0 Å². The molecule has 5 rings (SSSR count). The number of nitrogens with zero attached hydrogens (tertiary/aromatic N) is 5. The topological polar surface area (TPSA) is 67.0 Å². The van der Waals surface area contributed by atoms with E-state index >= 15 is 0 Å². The Morgan fingerprint density at radius 1 is 0.909 bits per heavy atom. The van der Waals surface area contributed by atoms with E-state index in [9.17, 15) is 0 Å². The minimum atomic E-state index is 0.379. The molecule has 0 atom stereocenters. The van der Waals surface area contributed by atoms with Gasteiger partial charge in [0.2, 0.25) is 0 Å².